The van der Waals surface area contributed by atoms with Gasteiger partial charge in [0.25, 0.3) is 0 Å². The topological polar surface area (TPSA) is 34.9 Å². The lowest BCUT2D eigenvalue weighted by molar-refractivity contribution is 0.0981. The van der Waals surface area contributed by atoms with E-state index in [0.29, 0.717) is 12.8 Å². The average Bonchev–Trinajstić information content (AvgIpc) is 2.81. The lowest BCUT2D eigenvalue weighted by Gasteiger charge is -2.06. The van der Waals surface area contributed by atoms with Crippen LogP contribution in [0, 0.1) is 0 Å². The lowest BCUT2D eigenvalue weighted by atomic mass is 9.99. The molecular weight excluding hydrogens is 224 g/mol. The highest BCUT2D eigenvalue weighted by Gasteiger charge is 2.11. The van der Waals surface area contributed by atoms with Gasteiger partial charge in [0.15, 0.2) is 5.78 Å². The summed E-state index contributed by atoms with van der Waals surface area (Å²) in [4.78, 5) is 16.4. The van der Waals surface area contributed by atoms with Gasteiger partial charge in [-0.15, -0.1) is 0 Å². The van der Waals surface area contributed by atoms with E-state index in [1.165, 1.54) is 0 Å². The lowest BCUT2D eigenvalue weighted by Crippen LogP contribution is -2.07. The number of hydrogen-bond acceptors (Lipinski definition) is 2. The Kier molecular flexibility index (Phi) is 3.92. The van der Waals surface area contributed by atoms with Crippen molar-refractivity contribution in [1.29, 1.82) is 0 Å². The highest BCUT2D eigenvalue weighted by molar-refractivity contribution is 5.97. The fraction of sp³-hybridized carbons (Fsp3) is 0.333. The normalized spacial score (nSPS) is 10.6. The van der Waals surface area contributed by atoms with Gasteiger partial charge in [0.1, 0.15) is 5.82 Å². The SMILES string of the molecule is CCc1ccccc1C(=O)CCc1nccn1C. The van der Waals surface area contributed by atoms with Crippen LogP contribution in [0.2, 0.25) is 0 Å². The quantitative estimate of drug-likeness (QED) is 0.756. The molecule has 94 valence electrons. The molecule has 1 heterocycles. The molecule has 0 unspecified atom stereocenters. The van der Waals surface area contributed by atoms with Gasteiger partial charge in [0.2, 0.25) is 0 Å². The molecule has 0 atom stereocenters. The smallest absolute Gasteiger partial charge is 0.163 e. The summed E-state index contributed by atoms with van der Waals surface area (Å²) in [5, 5.41) is 0. The van der Waals surface area contributed by atoms with E-state index in [0.717, 1.165) is 23.4 Å². The Morgan fingerprint density at radius 1 is 1.33 bits per heavy atom. The van der Waals surface area contributed by atoms with Gasteiger partial charge >= 0.3 is 0 Å². The number of imidazole rings is 1. The van der Waals surface area contributed by atoms with Gasteiger partial charge in [-0.05, 0) is 12.0 Å². The average molecular weight is 242 g/mol. The van der Waals surface area contributed by atoms with Crippen molar-refractivity contribution in [3.8, 4) is 0 Å². The number of aromatic nitrogens is 2. The Morgan fingerprint density at radius 3 is 2.78 bits per heavy atom. The van der Waals surface area contributed by atoms with E-state index in [-0.39, 0.29) is 5.78 Å². The van der Waals surface area contributed by atoms with Crippen LogP contribution in [0.4, 0.5) is 0 Å². The maximum Gasteiger partial charge on any atom is 0.163 e. The van der Waals surface area contributed by atoms with Crippen molar-refractivity contribution in [3.05, 3.63) is 53.6 Å². The van der Waals surface area contributed by atoms with Crippen molar-refractivity contribution in [2.75, 3.05) is 0 Å². The van der Waals surface area contributed by atoms with E-state index in [1.807, 2.05) is 42.1 Å². The maximum absolute atomic E-state index is 12.2. The van der Waals surface area contributed by atoms with Crippen molar-refractivity contribution in [3.63, 3.8) is 0 Å². The summed E-state index contributed by atoms with van der Waals surface area (Å²) in [6.45, 7) is 2.07. The van der Waals surface area contributed by atoms with E-state index < -0.39 is 0 Å². The van der Waals surface area contributed by atoms with Crippen molar-refractivity contribution >= 4 is 5.78 Å². The fourth-order valence-electron chi connectivity index (χ4n) is 2.10. The Hall–Kier alpha value is -1.90. The van der Waals surface area contributed by atoms with Crippen LogP contribution >= 0.6 is 0 Å². The van der Waals surface area contributed by atoms with Gasteiger partial charge in [0, 0.05) is 37.8 Å². The van der Waals surface area contributed by atoms with Crippen LogP contribution in [0.3, 0.4) is 0 Å². The summed E-state index contributed by atoms with van der Waals surface area (Å²) in [6.07, 6.45) is 5.77. The molecule has 2 aromatic rings. The summed E-state index contributed by atoms with van der Waals surface area (Å²) < 4.78 is 1.96. The molecule has 3 nitrogen and oxygen atoms in total. The molecule has 0 aliphatic carbocycles. The first-order chi connectivity index (χ1) is 8.72. The predicted molar refractivity (Wildman–Crippen MR) is 71.7 cm³/mol. The second-order valence-corrected chi connectivity index (χ2v) is 4.39. The van der Waals surface area contributed by atoms with Crippen LogP contribution < -0.4 is 0 Å². The first-order valence-corrected chi connectivity index (χ1v) is 6.29. The van der Waals surface area contributed by atoms with E-state index in [4.69, 9.17) is 0 Å². The van der Waals surface area contributed by atoms with Crippen LogP contribution in [0.25, 0.3) is 0 Å². The number of ketones is 1. The molecule has 0 amide bonds. The van der Waals surface area contributed by atoms with Crippen molar-refractivity contribution in [2.45, 2.75) is 26.2 Å². The Labute approximate surface area is 107 Å². The van der Waals surface area contributed by atoms with Crippen LogP contribution in [-0.4, -0.2) is 15.3 Å². The van der Waals surface area contributed by atoms with Gasteiger partial charge in [-0.2, -0.15) is 0 Å². The van der Waals surface area contributed by atoms with Crippen LogP contribution in [0.5, 0.6) is 0 Å². The molecule has 0 bridgehead atoms. The summed E-state index contributed by atoms with van der Waals surface area (Å²) in [5.41, 5.74) is 1.98. The largest absolute Gasteiger partial charge is 0.338 e. The van der Waals surface area contributed by atoms with E-state index >= 15 is 0 Å². The Bertz CT molecular complexity index is 543. The molecule has 3 heteroatoms. The summed E-state index contributed by atoms with van der Waals surface area (Å²) in [6, 6.07) is 7.84. The summed E-state index contributed by atoms with van der Waals surface area (Å²) >= 11 is 0. The zero-order valence-corrected chi connectivity index (χ0v) is 10.9. The molecule has 0 spiro atoms. The zero-order valence-electron chi connectivity index (χ0n) is 10.9. The summed E-state index contributed by atoms with van der Waals surface area (Å²) in [7, 11) is 1.95. The monoisotopic (exact) mass is 242 g/mol. The highest BCUT2D eigenvalue weighted by atomic mass is 16.1. The van der Waals surface area contributed by atoms with Gasteiger partial charge in [-0.3, -0.25) is 4.79 Å². The molecular formula is C15H18N2O. The minimum atomic E-state index is 0.204. The number of carbonyl (C=O) groups excluding carboxylic acids is 1. The molecule has 1 aromatic carbocycles. The number of carbonyl (C=O) groups is 1. The number of rotatable bonds is 5. The zero-order chi connectivity index (χ0) is 13.0. The van der Waals surface area contributed by atoms with Crippen LogP contribution in [0.1, 0.15) is 35.1 Å². The molecule has 1 aromatic heterocycles. The Morgan fingerprint density at radius 2 is 2.11 bits per heavy atom. The number of hydrogen-bond donors (Lipinski definition) is 0. The first-order valence-electron chi connectivity index (χ1n) is 6.29. The Balaban J connectivity index is 2.06. The molecule has 18 heavy (non-hydrogen) atoms. The van der Waals surface area contributed by atoms with Crippen molar-refractivity contribution in [1.82, 2.24) is 9.55 Å². The maximum atomic E-state index is 12.2. The van der Waals surface area contributed by atoms with Crippen molar-refractivity contribution in [2.24, 2.45) is 7.05 Å². The third-order valence-electron chi connectivity index (χ3n) is 3.20. The predicted octanol–water partition coefficient (Wildman–Crippen LogP) is 2.80. The molecule has 0 radical (unpaired) electrons. The van der Waals surface area contributed by atoms with Crippen molar-refractivity contribution < 1.29 is 4.79 Å². The molecule has 0 fully saturated rings. The van der Waals surface area contributed by atoms with Crippen LogP contribution in [0.15, 0.2) is 36.7 Å². The highest BCUT2D eigenvalue weighted by Crippen LogP contribution is 2.13. The second kappa shape index (κ2) is 5.63. The molecule has 0 aliphatic rings. The number of Topliss-reactive ketones (excluding diaryl/α,β-unsaturated/α-hetero) is 1. The molecule has 0 N–H and O–H groups in total. The molecule has 0 aliphatic heterocycles. The van der Waals surface area contributed by atoms with Crippen LogP contribution in [-0.2, 0) is 19.9 Å². The third kappa shape index (κ3) is 2.67. The molecule has 0 saturated heterocycles. The standard InChI is InChI=1S/C15H18N2O/c1-3-12-6-4-5-7-13(12)14(18)8-9-15-16-10-11-17(15)2/h4-7,10-11H,3,8-9H2,1-2H3. The van der Waals surface area contributed by atoms with E-state index in [2.05, 4.69) is 11.9 Å². The van der Waals surface area contributed by atoms with Gasteiger partial charge in [-0.25, -0.2) is 4.98 Å². The van der Waals surface area contributed by atoms with Gasteiger partial charge in [-0.1, -0.05) is 31.2 Å². The third-order valence-corrected chi connectivity index (χ3v) is 3.20. The number of benzene rings is 1. The van der Waals surface area contributed by atoms with E-state index in [1.54, 1.807) is 6.20 Å². The summed E-state index contributed by atoms with van der Waals surface area (Å²) in [5.74, 6) is 1.16. The van der Waals surface area contributed by atoms with Gasteiger partial charge < -0.3 is 4.57 Å². The fourth-order valence-corrected chi connectivity index (χ4v) is 2.10. The molecule has 2 rings (SSSR count). The first kappa shape index (κ1) is 12.6. The number of aryl methyl sites for hydroxylation is 3. The van der Waals surface area contributed by atoms with Gasteiger partial charge in [0.05, 0.1) is 0 Å². The molecule has 0 saturated carbocycles. The minimum absolute atomic E-state index is 0.204. The number of nitrogens with zero attached hydrogens (tertiary/aromatic N) is 2. The van der Waals surface area contributed by atoms with E-state index in [9.17, 15) is 4.79 Å². The second-order valence-electron chi connectivity index (χ2n) is 4.39. The minimum Gasteiger partial charge on any atom is -0.338 e.